The number of fused-ring (bicyclic) bond motifs is 1. The van der Waals surface area contributed by atoms with E-state index in [9.17, 15) is 22.8 Å². The standard InChI is InChI=1S/C20H28N2O2.C2HF3O2/c1-14(2)12-16(13-19(23)15(3)21)8-9-20(24)22-11-10-17-6-4-5-7-18(17)22;3-2(4,5)1(6)7/h4-9,14-16H,10-13,21H2,1-3H3;(H,6,7)/b9-8+;/t15-,16+;/m0./s1. The summed E-state index contributed by atoms with van der Waals surface area (Å²) in [5.74, 6) is -2.20. The van der Waals surface area contributed by atoms with Gasteiger partial charge >= 0.3 is 12.1 Å². The first-order valence-electron chi connectivity index (χ1n) is 9.98. The van der Waals surface area contributed by atoms with E-state index < -0.39 is 18.2 Å². The molecule has 3 N–H and O–H groups in total. The van der Waals surface area contributed by atoms with Crippen LogP contribution in [0.2, 0.25) is 0 Å². The highest BCUT2D eigenvalue weighted by Gasteiger charge is 2.38. The van der Waals surface area contributed by atoms with Gasteiger partial charge in [-0.15, -0.1) is 0 Å². The molecule has 9 heteroatoms. The number of allylic oxidation sites excluding steroid dienone is 1. The average Bonchev–Trinajstić information content (AvgIpc) is 3.09. The molecule has 1 aromatic rings. The van der Waals surface area contributed by atoms with Gasteiger partial charge in [0.25, 0.3) is 5.91 Å². The van der Waals surface area contributed by atoms with Crippen molar-refractivity contribution in [2.24, 2.45) is 17.6 Å². The molecule has 2 atom stereocenters. The van der Waals surface area contributed by atoms with Gasteiger partial charge in [0.05, 0.1) is 6.04 Å². The van der Waals surface area contributed by atoms with Crippen LogP contribution in [0.3, 0.4) is 0 Å². The summed E-state index contributed by atoms with van der Waals surface area (Å²) < 4.78 is 31.7. The molecule has 0 unspecified atom stereocenters. The average molecular weight is 442 g/mol. The highest BCUT2D eigenvalue weighted by Crippen LogP contribution is 2.28. The maximum atomic E-state index is 12.5. The van der Waals surface area contributed by atoms with Crippen molar-refractivity contribution in [3.8, 4) is 0 Å². The second-order valence-corrected chi connectivity index (χ2v) is 7.88. The SMILES string of the molecule is CC(C)C[C@@H](/C=C/C(=O)N1CCc2ccccc21)CC(=O)[C@H](C)N.O=C(O)C(F)(F)F. The minimum atomic E-state index is -5.08. The summed E-state index contributed by atoms with van der Waals surface area (Å²) in [6, 6.07) is 7.56. The van der Waals surface area contributed by atoms with Gasteiger partial charge in [-0.2, -0.15) is 13.2 Å². The smallest absolute Gasteiger partial charge is 0.475 e. The number of carboxylic acid groups (broad SMARTS) is 1. The molecule has 0 spiro atoms. The van der Waals surface area contributed by atoms with Crippen LogP contribution in [0.4, 0.5) is 18.9 Å². The molecule has 0 saturated heterocycles. The number of hydrogen-bond acceptors (Lipinski definition) is 4. The van der Waals surface area contributed by atoms with Crippen LogP contribution in [0.5, 0.6) is 0 Å². The maximum absolute atomic E-state index is 12.5. The van der Waals surface area contributed by atoms with Crippen LogP contribution < -0.4 is 10.6 Å². The zero-order chi connectivity index (χ0) is 23.8. The van der Waals surface area contributed by atoms with Crippen molar-refractivity contribution < 1.29 is 32.7 Å². The van der Waals surface area contributed by atoms with Gasteiger partial charge in [-0.05, 0) is 49.3 Å². The van der Waals surface area contributed by atoms with Crippen molar-refractivity contribution in [3.05, 3.63) is 42.0 Å². The fourth-order valence-electron chi connectivity index (χ4n) is 3.16. The Morgan fingerprint density at radius 3 is 2.29 bits per heavy atom. The van der Waals surface area contributed by atoms with Gasteiger partial charge in [0.15, 0.2) is 0 Å². The Morgan fingerprint density at radius 2 is 1.77 bits per heavy atom. The zero-order valence-corrected chi connectivity index (χ0v) is 17.9. The second-order valence-electron chi connectivity index (χ2n) is 7.88. The number of nitrogens with two attached hydrogens (primary N) is 1. The van der Waals surface area contributed by atoms with Crippen LogP contribution in [-0.4, -0.2) is 41.5 Å². The summed E-state index contributed by atoms with van der Waals surface area (Å²) in [6.45, 7) is 6.67. The maximum Gasteiger partial charge on any atom is 0.490 e. The van der Waals surface area contributed by atoms with Crippen molar-refractivity contribution in [2.45, 2.75) is 52.3 Å². The topological polar surface area (TPSA) is 101 Å². The number of anilines is 1. The molecule has 6 nitrogen and oxygen atoms in total. The lowest BCUT2D eigenvalue weighted by atomic mass is 9.90. The molecule has 1 aromatic carbocycles. The molecule has 2 rings (SSSR count). The Hall–Kier alpha value is -2.68. The number of halogens is 3. The van der Waals surface area contributed by atoms with E-state index in [0.29, 0.717) is 12.3 Å². The Bertz CT molecular complexity index is 804. The highest BCUT2D eigenvalue weighted by molar-refractivity contribution is 6.02. The van der Waals surface area contributed by atoms with Crippen LogP contribution in [0.1, 0.15) is 39.2 Å². The predicted octanol–water partition coefficient (Wildman–Crippen LogP) is 3.73. The molecule has 0 fully saturated rings. The first-order valence-corrected chi connectivity index (χ1v) is 9.98. The van der Waals surface area contributed by atoms with Crippen molar-refractivity contribution in [3.63, 3.8) is 0 Å². The summed E-state index contributed by atoms with van der Waals surface area (Å²) in [7, 11) is 0. The van der Waals surface area contributed by atoms with Gasteiger partial charge in [-0.1, -0.05) is 38.1 Å². The number of ketones is 1. The molecule has 0 saturated carbocycles. The van der Waals surface area contributed by atoms with Crippen molar-refractivity contribution in [1.29, 1.82) is 0 Å². The van der Waals surface area contributed by atoms with Gasteiger partial charge in [-0.3, -0.25) is 9.59 Å². The van der Waals surface area contributed by atoms with E-state index in [1.807, 2.05) is 29.2 Å². The lowest BCUT2D eigenvalue weighted by Crippen LogP contribution is -2.29. The molecule has 0 radical (unpaired) electrons. The number of carbonyl (C=O) groups excluding carboxylic acids is 2. The second kappa shape index (κ2) is 11.6. The van der Waals surface area contributed by atoms with Crippen molar-refractivity contribution in [1.82, 2.24) is 0 Å². The van der Waals surface area contributed by atoms with E-state index in [2.05, 4.69) is 19.9 Å². The van der Waals surface area contributed by atoms with Crippen LogP contribution in [0, 0.1) is 11.8 Å². The Kier molecular flexibility index (Phi) is 9.90. The molecule has 0 bridgehead atoms. The van der Waals surface area contributed by atoms with E-state index in [4.69, 9.17) is 15.6 Å². The first kappa shape index (κ1) is 26.4. The van der Waals surface area contributed by atoms with Crippen LogP contribution in [-0.2, 0) is 20.8 Å². The number of benzene rings is 1. The molecule has 0 aliphatic carbocycles. The van der Waals surface area contributed by atoms with E-state index in [1.54, 1.807) is 13.0 Å². The van der Waals surface area contributed by atoms with Gasteiger partial charge in [0.1, 0.15) is 5.78 Å². The predicted molar refractivity (Wildman–Crippen MR) is 112 cm³/mol. The number of carboxylic acids is 1. The van der Waals surface area contributed by atoms with Crippen LogP contribution >= 0.6 is 0 Å². The number of aliphatic carboxylic acids is 1. The number of Topliss-reactive ketones (excluding diaryl/α,β-unsaturated/α-hetero) is 1. The molecule has 172 valence electrons. The number of para-hydroxylation sites is 1. The number of alkyl halides is 3. The molecule has 31 heavy (non-hydrogen) atoms. The minimum absolute atomic E-state index is 0.0121. The number of hydrogen-bond donors (Lipinski definition) is 2. The number of rotatable bonds is 7. The van der Waals surface area contributed by atoms with E-state index in [-0.39, 0.29) is 17.6 Å². The fourth-order valence-corrected chi connectivity index (χ4v) is 3.16. The van der Waals surface area contributed by atoms with E-state index in [0.717, 1.165) is 25.1 Å². The highest BCUT2D eigenvalue weighted by atomic mass is 19.4. The minimum Gasteiger partial charge on any atom is -0.475 e. The van der Waals surface area contributed by atoms with Crippen LogP contribution in [0.15, 0.2) is 36.4 Å². The fraction of sp³-hybridized carbons (Fsp3) is 0.500. The quantitative estimate of drug-likeness (QED) is 0.627. The summed E-state index contributed by atoms with van der Waals surface area (Å²) in [4.78, 5) is 35.2. The van der Waals surface area contributed by atoms with Crippen molar-refractivity contribution >= 4 is 23.3 Å². The zero-order valence-electron chi connectivity index (χ0n) is 17.9. The largest absolute Gasteiger partial charge is 0.490 e. The van der Waals surface area contributed by atoms with Gasteiger partial charge in [0, 0.05) is 18.7 Å². The normalized spacial score (nSPS) is 15.3. The third kappa shape index (κ3) is 8.92. The first-order chi connectivity index (χ1) is 14.3. The van der Waals surface area contributed by atoms with Gasteiger partial charge in [-0.25, -0.2) is 4.79 Å². The molecule has 0 aromatic heterocycles. The molecule has 1 heterocycles. The molecule has 1 aliphatic heterocycles. The number of amides is 1. The van der Waals surface area contributed by atoms with E-state index >= 15 is 0 Å². The Labute approximate surface area is 179 Å². The molecular weight excluding hydrogens is 413 g/mol. The summed E-state index contributed by atoms with van der Waals surface area (Å²) in [6.07, 6.45) is 0.608. The Balaban J connectivity index is 0.000000592. The van der Waals surface area contributed by atoms with Gasteiger partial charge in [0.2, 0.25) is 0 Å². The van der Waals surface area contributed by atoms with E-state index in [1.165, 1.54) is 5.56 Å². The van der Waals surface area contributed by atoms with Crippen molar-refractivity contribution in [2.75, 3.05) is 11.4 Å². The Morgan fingerprint density at radius 1 is 1.19 bits per heavy atom. The number of nitrogens with zero attached hydrogens (tertiary/aromatic N) is 1. The van der Waals surface area contributed by atoms with Crippen LogP contribution in [0.25, 0.3) is 0 Å². The molecule has 1 amide bonds. The third-order valence-electron chi connectivity index (χ3n) is 4.65. The lowest BCUT2D eigenvalue weighted by molar-refractivity contribution is -0.192. The van der Waals surface area contributed by atoms with Gasteiger partial charge < -0.3 is 15.7 Å². The third-order valence-corrected chi connectivity index (χ3v) is 4.65. The summed E-state index contributed by atoms with van der Waals surface area (Å²) in [5, 5.41) is 7.12. The monoisotopic (exact) mass is 442 g/mol. The summed E-state index contributed by atoms with van der Waals surface area (Å²) >= 11 is 0. The summed E-state index contributed by atoms with van der Waals surface area (Å²) in [5.41, 5.74) is 7.89. The number of carbonyl (C=O) groups is 3. The molecule has 1 aliphatic rings. The molecular formula is C22H29F3N2O4. The lowest BCUT2D eigenvalue weighted by Gasteiger charge is -2.18.